The number of hydrogen-bond donors (Lipinski definition) is 1. The maximum atomic E-state index is 5.90. The molecular formula is C26H55N5O. The molecule has 0 unspecified atom stereocenters. The Kier molecular flexibility index (Phi) is 10.9. The van der Waals surface area contributed by atoms with E-state index in [1.165, 1.54) is 58.8 Å². The molecule has 2 rings (SSSR count). The van der Waals surface area contributed by atoms with Crippen LogP contribution in [0.15, 0.2) is 0 Å². The minimum absolute atomic E-state index is 0.268. The summed E-state index contributed by atoms with van der Waals surface area (Å²) < 4.78 is 5.90. The van der Waals surface area contributed by atoms with E-state index in [-0.39, 0.29) is 5.54 Å². The maximum absolute atomic E-state index is 5.90. The third kappa shape index (κ3) is 9.55. The van der Waals surface area contributed by atoms with Crippen molar-refractivity contribution in [1.29, 1.82) is 0 Å². The average Bonchev–Trinajstić information content (AvgIpc) is 2.71. The summed E-state index contributed by atoms with van der Waals surface area (Å²) in [6.45, 7) is 33.1. The van der Waals surface area contributed by atoms with Crippen LogP contribution < -0.4 is 5.32 Å². The van der Waals surface area contributed by atoms with Crippen LogP contribution in [-0.2, 0) is 4.74 Å². The highest BCUT2D eigenvalue weighted by Crippen LogP contribution is 2.23. The van der Waals surface area contributed by atoms with Crippen LogP contribution in [0.1, 0.15) is 68.2 Å². The van der Waals surface area contributed by atoms with Gasteiger partial charge in [0.05, 0.1) is 6.61 Å². The lowest BCUT2D eigenvalue weighted by Crippen LogP contribution is -2.58. The van der Waals surface area contributed by atoms with Crippen molar-refractivity contribution in [2.45, 2.75) is 84.8 Å². The third-order valence-electron chi connectivity index (χ3n) is 7.51. The molecular weight excluding hydrogens is 398 g/mol. The van der Waals surface area contributed by atoms with Gasteiger partial charge in [-0.3, -0.25) is 19.6 Å². The summed E-state index contributed by atoms with van der Waals surface area (Å²) in [4.78, 5) is 10.4. The van der Waals surface area contributed by atoms with E-state index in [0.29, 0.717) is 11.1 Å². The van der Waals surface area contributed by atoms with Crippen molar-refractivity contribution in [2.75, 3.05) is 85.2 Å². The Hall–Kier alpha value is -0.240. The minimum atomic E-state index is 0.268. The summed E-state index contributed by atoms with van der Waals surface area (Å²) >= 11 is 0. The van der Waals surface area contributed by atoms with Crippen molar-refractivity contribution in [3.8, 4) is 0 Å². The second kappa shape index (κ2) is 12.5. The molecule has 2 saturated heterocycles. The highest BCUT2D eigenvalue weighted by Gasteiger charge is 2.32. The van der Waals surface area contributed by atoms with Gasteiger partial charge in [-0.25, -0.2) is 0 Å². The lowest BCUT2D eigenvalue weighted by atomic mass is 9.96. The molecule has 0 aromatic carbocycles. The standard InChI is InChI=1S/C26H55N5O/c1-24(2,3)29-15-13-28(14-16-29)21-23-32-22-9-11-27-12-10-26(7,8)31-19-17-30(18-20-31)25(4,5)6/h27H,9-23H2,1-8H3. The molecule has 0 aromatic rings. The first-order valence-corrected chi connectivity index (χ1v) is 13.2. The smallest absolute Gasteiger partial charge is 0.0593 e. The van der Waals surface area contributed by atoms with Gasteiger partial charge in [0, 0.05) is 82.1 Å². The molecule has 2 heterocycles. The number of nitrogens with one attached hydrogen (secondary N) is 1. The van der Waals surface area contributed by atoms with Gasteiger partial charge in [-0.05, 0) is 81.3 Å². The molecule has 0 saturated carbocycles. The first-order chi connectivity index (χ1) is 14.9. The molecule has 0 amide bonds. The van der Waals surface area contributed by atoms with E-state index in [9.17, 15) is 0 Å². The Balaban J connectivity index is 1.45. The van der Waals surface area contributed by atoms with E-state index in [4.69, 9.17) is 4.74 Å². The zero-order valence-corrected chi connectivity index (χ0v) is 22.8. The first kappa shape index (κ1) is 28.0. The Labute approximate surface area is 200 Å². The number of piperazine rings is 2. The predicted octanol–water partition coefficient (Wildman–Crippen LogP) is 2.98. The van der Waals surface area contributed by atoms with Gasteiger partial charge in [0.2, 0.25) is 0 Å². The van der Waals surface area contributed by atoms with E-state index < -0.39 is 0 Å². The molecule has 0 spiro atoms. The fraction of sp³-hybridized carbons (Fsp3) is 1.00. The van der Waals surface area contributed by atoms with Crippen LogP contribution >= 0.6 is 0 Å². The van der Waals surface area contributed by atoms with E-state index in [0.717, 1.165) is 39.3 Å². The van der Waals surface area contributed by atoms with Crippen molar-refractivity contribution in [3.63, 3.8) is 0 Å². The summed E-state index contributed by atoms with van der Waals surface area (Å²) in [5, 5.41) is 3.64. The normalized spacial score (nSPS) is 21.4. The molecule has 6 nitrogen and oxygen atoms in total. The van der Waals surface area contributed by atoms with Crippen LogP contribution in [0.2, 0.25) is 0 Å². The van der Waals surface area contributed by atoms with Gasteiger partial charge in [0.1, 0.15) is 0 Å². The van der Waals surface area contributed by atoms with E-state index in [2.05, 4.69) is 80.3 Å². The van der Waals surface area contributed by atoms with Crippen LogP contribution in [0.3, 0.4) is 0 Å². The Morgan fingerprint density at radius 1 is 0.625 bits per heavy atom. The highest BCUT2D eigenvalue weighted by atomic mass is 16.5. The predicted molar refractivity (Wildman–Crippen MR) is 138 cm³/mol. The van der Waals surface area contributed by atoms with Gasteiger partial charge >= 0.3 is 0 Å². The minimum Gasteiger partial charge on any atom is -0.380 e. The van der Waals surface area contributed by atoms with Crippen molar-refractivity contribution in [2.24, 2.45) is 0 Å². The van der Waals surface area contributed by atoms with Crippen molar-refractivity contribution in [3.05, 3.63) is 0 Å². The molecule has 1 N–H and O–H groups in total. The summed E-state index contributed by atoms with van der Waals surface area (Å²) in [5.41, 5.74) is 0.859. The number of rotatable bonds is 11. The topological polar surface area (TPSA) is 34.2 Å². The molecule has 2 aliphatic rings. The van der Waals surface area contributed by atoms with Crippen molar-refractivity contribution < 1.29 is 4.74 Å². The Morgan fingerprint density at radius 2 is 1.12 bits per heavy atom. The molecule has 0 atom stereocenters. The van der Waals surface area contributed by atoms with Crippen LogP contribution in [-0.4, -0.2) is 121 Å². The molecule has 190 valence electrons. The molecule has 32 heavy (non-hydrogen) atoms. The van der Waals surface area contributed by atoms with Crippen LogP contribution in [0.25, 0.3) is 0 Å². The number of nitrogens with zero attached hydrogens (tertiary/aromatic N) is 4. The van der Waals surface area contributed by atoms with Gasteiger partial charge in [-0.15, -0.1) is 0 Å². The Bertz CT molecular complexity index is 509. The van der Waals surface area contributed by atoms with E-state index in [1.54, 1.807) is 0 Å². The lowest BCUT2D eigenvalue weighted by Gasteiger charge is -2.47. The molecule has 0 radical (unpaired) electrons. The van der Waals surface area contributed by atoms with Crippen molar-refractivity contribution in [1.82, 2.24) is 24.9 Å². The molecule has 2 fully saturated rings. The average molecular weight is 454 g/mol. The van der Waals surface area contributed by atoms with Crippen LogP contribution in [0.5, 0.6) is 0 Å². The quantitative estimate of drug-likeness (QED) is 0.485. The van der Waals surface area contributed by atoms with E-state index in [1.807, 2.05) is 0 Å². The van der Waals surface area contributed by atoms with Gasteiger partial charge in [0.25, 0.3) is 0 Å². The monoisotopic (exact) mass is 453 g/mol. The summed E-state index contributed by atoms with van der Waals surface area (Å²) in [6.07, 6.45) is 2.30. The van der Waals surface area contributed by atoms with Gasteiger partial charge in [0.15, 0.2) is 0 Å². The second-order valence-electron chi connectivity index (χ2n) is 12.4. The molecule has 0 aliphatic carbocycles. The van der Waals surface area contributed by atoms with Gasteiger partial charge < -0.3 is 10.1 Å². The third-order valence-corrected chi connectivity index (χ3v) is 7.51. The van der Waals surface area contributed by atoms with Crippen LogP contribution in [0.4, 0.5) is 0 Å². The van der Waals surface area contributed by atoms with E-state index >= 15 is 0 Å². The lowest BCUT2D eigenvalue weighted by molar-refractivity contribution is 0.0116. The summed E-state index contributed by atoms with van der Waals surface area (Å²) in [5.74, 6) is 0. The number of hydrogen-bond acceptors (Lipinski definition) is 6. The zero-order valence-electron chi connectivity index (χ0n) is 22.8. The molecule has 0 aromatic heterocycles. The fourth-order valence-electron chi connectivity index (χ4n) is 4.90. The second-order valence-corrected chi connectivity index (χ2v) is 12.4. The maximum Gasteiger partial charge on any atom is 0.0593 e. The molecule has 2 aliphatic heterocycles. The van der Waals surface area contributed by atoms with Crippen LogP contribution in [0, 0.1) is 0 Å². The van der Waals surface area contributed by atoms with Gasteiger partial charge in [-0.1, -0.05) is 0 Å². The molecule has 0 bridgehead atoms. The molecule has 6 heteroatoms. The fourth-order valence-corrected chi connectivity index (χ4v) is 4.90. The summed E-state index contributed by atoms with van der Waals surface area (Å²) in [7, 11) is 0. The Morgan fingerprint density at radius 3 is 1.66 bits per heavy atom. The largest absolute Gasteiger partial charge is 0.380 e. The number of ether oxygens (including phenoxy) is 1. The first-order valence-electron chi connectivity index (χ1n) is 13.2. The van der Waals surface area contributed by atoms with Gasteiger partial charge in [-0.2, -0.15) is 0 Å². The summed E-state index contributed by atoms with van der Waals surface area (Å²) in [6, 6.07) is 0. The SMILES string of the molecule is CC(C)(C)N1CCN(CCOCCCNCCC(C)(C)N2CCN(C(C)(C)C)CC2)CC1. The van der Waals surface area contributed by atoms with Crippen molar-refractivity contribution >= 4 is 0 Å². The zero-order chi connectivity index (χ0) is 23.8. The highest BCUT2D eigenvalue weighted by molar-refractivity contribution is 4.89.